The number of ether oxygens (including phenoxy) is 1. The lowest BCUT2D eigenvalue weighted by Gasteiger charge is -2.25. The summed E-state index contributed by atoms with van der Waals surface area (Å²) in [5, 5.41) is 0. The van der Waals surface area contributed by atoms with Crippen molar-refractivity contribution in [2.24, 2.45) is 0 Å². The average Bonchev–Trinajstić information content (AvgIpc) is 3.02. The highest BCUT2D eigenvalue weighted by molar-refractivity contribution is 6.35. The molecule has 1 aliphatic heterocycles. The van der Waals surface area contributed by atoms with Gasteiger partial charge >= 0.3 is 0 Å². The molecule has 31 heavy (non-hydrogen) atoms. The Morgan fingerprint density at radius 3 is 2.32 bits per heavy atom. The summed E-state index contributed by atoms with van der Waals surface area (Å²) in [6.07, 6.45) is 0.629. The monoisotopic (exact) mass is 420 g/mol. The number of aryl methyl sites for hydroxylation is 2. The fourth-order valence-electron chi connectivity index (χ4n) is 3.84. The highest BCUT2D eigenvalue weighted by Crippen LogP contribution is 2.33. The van der Waals surface area contributed by atoms with Crippen molar-refractivity contribution in [2.45, 2.75) is 40.7 Å². The average molecular weight is 421 g/mol. The maximum Gasteiger partial charge on any atom is 0.277 e. The zero-order chi connectivity index (χ0) is 22.4. The molecule has 5 heteroatoms. The molecule has 2 amide bonds. The number of hydrogen-bond donors (Lipinski definition) is 0. The molecule has 0 radical (unpaired) electrons. The van der Waals surface area contributed by atoms with Crippen molar-refractivity contribution in [1.29, 1.82) is 0 Å². The molecule has 1 aliphatic rings. The number of rotatable bonds is 10. The van der Waals surface area contributed by atoms with Gasteiger partial charge in [-0.3, -0.25) is 14.5 Å². The Kier molecular flexibility index (Phi) is 7.64. The summed E-state index contributed by atoms with van der Waals surface area (Å²) < 4.78 is 5.41. The van der Waals surface area contributed by atoms with E-state index < -0.39 is 0 Å². The van der Waals surface area contributed by atoms with Crippen molar-refractivity contribution in [2.75, 3.05) is 26.3 Å². The van der Waals surface area contributed by atoms with Crippen LogP contribution in [0, 0.1) is 13.8 Å². The van der Waals surface area contributed by atoms with E-state index in [4.69, 9.17) is 4.74 Å². The SMILES string of the molecule is CCOCCCN1C(=O)C(c2ccc(C)c(C)c2)=C(N(CC)Cc2ccccc2)C1=O. The second-order valence-corrected chi connectivity index (χ2v) is 7.83. The largest absolute Gasteiger partial charge is 0.382 e. The third-order valence-electron chi connectivity index (χ3n) is 5.73. The highest BCUT2D eigenvalue weighted by atomic mass is 16.5. The first-order valence-electron chi connectivity index (χ1n) is 11.0. The van der Waals surface area contributed by atoms with Crippen LogP contribution in [0.25, 0.3) is 5.57 Å². The molecule has 0 N–H and O–H groups in total. The Morgan fingerprint density at radius 2 is 1.68 bits per heavy atom. The third kappa shape index (κ3) is 5.05. The van der Waals surface area contributed by atoms with E-state index in [0.717, 1.165) is 22.3 Å². The summed E-state index contributed by atoms with van der Waals surface area (Å²) in [6, 6.07) is 16.0. The van der Waals surface area contributed by atoms with Gasteiger partial charge in [-0.25, -0.2) is 0 Å². The number of hydrogen-bond acceptors (Lipinski definition) is 4. The van der Waals surface area contributed by atoms with Crippen LogP contribution in [0.3, 0.4) is 0 Å². The molecule has 0 saturated carbocycles. The molecule has 0 aliphatic carbocycles. The van der Waals surface area contributed by atoms with Crippen molar-refractivity contribution in [1.82, 2.24) is 9.80 Å². The van der Waals surface area contributed by atoms with Crippen LogP contribution in [0.5, 0.6) is 0 Å². The van der Waals surface area contributed by atoms with Gasteiger partial charge in [0.25, 0.3) is 11.8 Å². The van der Waals surface area contributed by atoms with Gasteiger partial charge in [0.15, 0.2) is 0 Å². The van der Waals surface area contributed by atoms with Gasteiger partial charge in [0.2, 0.25) is 0 Å². The standard InChI is InChI=1S/C26H32N2O3/c1-5-27(18-21-11-8-7-9-12-21)24-23(22-14-13-19(3)20(4)17-22)25(29)28(26(24)30)15-10-16-31-6-2/h7-9,11-14,17H,5-6,10,15-16,18H2,1-4H3. The van der Waals surface area contributed by atoms with Crippen LogP contribution in [0.15, 0.2) is 54.2 Å². The van der Waals surface area contributed by atoms with Gasteiger partial charge in [-0.2, -0.15) is 0 Å². The third-order valence-corrected chi connectivity index (χ3v) is 5.73. The normalized spacial score (nSPS) is 14.0. The van der Waals surface area contributed by atoms with Crippen molar-refractivity contribution in [3.05, 3.63) is 76.5 Å². The number of nitrogens with zero attached hydrogens (tertiary/aromatic N) is 2. The fourth-order valence-corrected chi connectivity index (χ4v) is 3.84. The maximum absolute atomic E-state index is 13.5. The summed E-state index contributed by atoms with van der Waals surface area (Å²) in [4.78, 5) is 30.3. The predicted octanol–water partition coefficient (Wildman–Crippen LogP) is 4.33. The van der Waals surface area contributed by atoms with E-state index in [9.17, 15) is 9.59 Å². The molecule has 0 fully saturated rings. The van der Waals surface area contributed by atoms with E-state index in [-0.39, 0.29) is 11.8 Å². The summed E-state index contributed by atoms with van der Waals surface area (Å²) in [6.45, 7) is 10.8. The van der Waals surface area contributed by atoms with E-state index in [1.807, 2.05) is 81.1 Å². The van der Waals surface area contributed by atoms with Crippen LogP contribution in [0.2, 0.25) is 0 Å². The topological polar surface area (TPSA) is 49.9 Å². The summed E-state index contributed by atoms with van der Waals surface area (Å²) in [5.41, 5.74) is 5.17. The Balaban J connectivity index is 2.00. The van der Waals surface area contributed by atoms with Crippen molar-refractivity contribution in [3.63, 3.8) is 0 Å². The van der Waals surface area contributed by atoms with Crippen LogP contribution in [0.1, 0.15) is 42.5 Å². The Labute approximate surface area is 185 Å². The highest BCUT2D eigenvalue weighted by Gasteiger charge is 2.41. The lowest BCUT2D eigenvalue weighted by Crippen LogP contribution is -2.36. The van der Waals surface area contributed by atoms with Gasteiger partial charge in [0, 0.05) is 32.8 Å². The predicted molar refractivity (Wildman–Crippen MR) is 123 cm³/mol. The number of carbonyl (C=O) groups is 2. The van der Waals surface area contributed by atoms with E-state index in [0.29, 0.717) is 50.5 Å². The maximum atomic E-state index is 13.5. The first kappa shape index (κ1) is 22.8. The minimum atomic E-state index is -0.216. The fraction of sp³-hybridized carbons (Fsp3) is 0.385. The van der Waals surface area contributed by atoms with E-state index in [1.54, 1.807) is 0 Å². The minimum Gasteiger partial charge on any atom is -0.382 e. The zero-order valence-electron chi connectivity index (χ0n) is 19.0. The van der Waals surface area contributed by atoms with Crippen LogP contribution < -0.4 is 0 Å². The minimum absolute atomic E-state index is 0.215. The number of amides is 2. The second kappa shape index (κ2) is 10.4. The molecule has 2 aromatic rings. The lowest BCUT2D eigenvalue weighted by molar-refractivity contribution is -0.137. The lowest BCUT2D eigenvalue weighted by atomic mass is 9.99. The second-order valence-electron chi connectivity index (χ2n) is 7.83. The molecule has 0 aromatic heterocycles. The van der Waals surface area contributed by atoms with Crippen LogP contribution >= 0.6 is 0 Å². The number of likely N-dealkylation sites (N-methyl/N-ethyl adjacent to an activating group) is 1. The van der Waals surface area contributed by atoms with Crippen molar-refractivity contribution >= 4 is 17.4 Å². The number of carbonyl (C=O) groups excluding carboxylic acids is 2. The van der Waals surface area contributed by atoms with Gasteiger partial charge in [0.1, 0.15) is 5.70 Å². The smallest absolute Gasteiger partial charge is 0.277 e. The molecule has 0 atom stereocenters. The first-order valence-corrected chi connectivity index (χ1v) is 11.0. The quantitative estimate of drug-likeness (QED) is 0.424. The molecule has 0 spiro atoms. The van der Waals surface area contributed by atoms with Crippen molar-refractivity contribution in [3.8, 4) is 0 Å². The van der Waals surface area contributed by atoms with Gasteiger partial charge in [-0.15, -0.1) is 0 Å². The molecule has 0 unspecified atom stereocenters. The summed E-state index contributed by atoms with van der Waals surface area (Å²) >= 11 is 0. The molecule has 0 saturated heterocycles. The number of benzene rings is 2. The van der Waals surface area contributed by atoms with Crippen LogP contribution in [0.4, 0.5) is 0 Å². The van der Waals surface area contributed by atoms with Gasteiger partial charge in [-0.1, -0.05) is 48.5 Å². The van der Waals surface area contributed by atoms with Crippen LogP contribution in [-0.2, 0) is 20.9 Å². The Morgan fingerprint density at radius 1 is 0.935 bits per heavy atom. The molecule has 0 bridgehead atoms. The zero-order valence-corrected chi connectivity index (χ0v) is 19.0. The van der Waals surface area contributed by atoms with E-state index in [1.165, 1.54) is 4.90 Å². The number of imide groups is 1. The molecular weight excluding hydrogens is 388 g/mol. The van der Waals surface area contributed by atoms with Gasteiger partial charge in [0.05, 0.1) is 5.57 Å². The van der Waals surface area contributed by atoms with Crippen molar-refractivity contribution < 1.29 is 14.3 Å². The Hall–Kier alpha value is -2.92. The van der Waals surface area contributed by atoms with E-state index in [2.05, 4.69) is 0 Å². The Bertz CT molecular complexity index is 966. The summed E-state index contributed by atoms with van der Waals surface area (Å²) in [7, 11) is 0. The molecule has 5 nitrogen and oxygen atoms in total. The molecule has 164 valence electrons. The molecule has 3 rings (SSSR count). The summed E-state index contributed by atoms with van der Waals surface area (Å²) in [5.74, 6) is -0.432. The van der Waals surface area contributed by atoms with E-state index >= 15 is 0 Å². The molecular formula is C26H32N2O3. The first-order chi connectivity index (χ1) is 15.0. The van der Waals surface area contributed by atoms with Gasteiger partial charge < -0.3 is 9.64 Å². The van der Waals surface area contributed by atoms with Crippen LogP contribution in [-0.4, -0.2) is 47.9 Å². The van der Waals surface area contributed by atoms with Gasteiger partial charge in [-0.05, 0) is 56.4 Å². The molecule has 1 heterocycles. The molecule has 2 aromatic carbocycles.